The summed E-state index contributed by atoms with van der Waals surface area (Å²) >= 11 is 2.81. The summed E-state index contributed by atoms with van der Waals surface area (Å²) in [7, 11) is 0. The predicted molar refractivity (Wildman–Crippen MR) is 48.6 cm³/mol. The number of aliphatic carboxylic acids is 1. The lowest BCUT2D eigenvalue weighted by Crippen LogP contribution is -2.22. The number of hydrogen-bond donors (Lipinski definition) is 2. The number of carboxylic acids is 1. The van der Waals surface area contributed by atoms with Gasteiger partial charge in [0.15, 0.2) is 0 Å². The Bertz CT molecular complexity index is 384. The summed E-state index contributed by atoms with van der Waals surface area (Å²) in [5.41, 5.74) is 4.92. The third-order valence-corrected chi connectivity index (χ3v) is 2.25. The number of carbonyl (C=O) groups is 1. The van der Waals surface area contributed by atoms with Crippen LogP contribution in [0.2, 0.25) is 0 Å². The van der Waals surface area contributed by atoms with Crippen LogP contribution in [0.25, 0.3) is 0 Å². The maximum atomic E-state index is 13.0. The number of nitrogens with two attached hydrogens (primary N) is 1. The van der Waals surface area contributed by atoms with Crippen molar-refractivity contribution in [1.29, 1.82) is 0 Å². The van der Waals surface area contributed by atoms with E-state index in [0.717, 1.165) is 6.07 Å². The van der Waals surface area contributed by atoms with Crippen molar-refractivity contribution in [3.05, 3.63) is 33.8 Å². The number of carboxylic acid groups (broad SMARTS) is 1. The minimum Gasteiger partial charge on any atom is -0.480 e. The summed E-state index contributed by atoms with van der Waals surface area (Å²) in [5, 5.41) is 8.52. The first-order valence-corrected chi connectivity index (χ1v) is 4.35. The first kappa shape index (κ1) is 11.1. The Hall–Kier alpha value is -1.01. The molecule has 1 aromatic carbocycles. The van der Waals surface area contributed by atoms with E-state index in [1.54, 1.807) is 0 Å². The van der Waals surface area contributed by atoms with E-state index in [0.29, 0.717) is 6.07 Å². The highest BCUT2D eigenvalue weighted by Gasteiger charge is 2.20. The van der Waals surface area contributed by atoms with Gasteiger partial charge in [-0.25, -0.2) is 8.78 Å². The van der Waals surface area contributed by atoms with Crippen molar-refractivity contribution in [3.63, 3.8) is 0 Å². The summed E-state index contributed by atoms with van der Waals surface area (Å²) in [6, 6.07) is 0.109. The average Bonchev–Trinajstić information content (AvgIpc) is 2.10. The van der Waals surface area contributed by atoms with Gasteiger partial charge < -0.3 is 10.8 Å². The summed E-state index contributed by atoms with van der Waals surface area (Å²) in [6.45, 7) is 0. The largest absolute Gasteiger partial charge is 0.480 e. The zero-order valence-electron chi connectivity index (χ0n) is 6.80. The Kier molecular flexibility index (Phi) is 3.17. The molecule has 6 heteroatoms. The zero-order chi connectivity index (χ0) is 10.9. The second kappa shape index (κ2) is 4.02. The van der Waals surface area contributed by atoms with E-state index in [9.17, 15) is 13.6 Å². The fourth-order valence-corrected chi connectivity index (χ4v) is 1.27. The third-order valence-electron chi connectivity index (χ3n) is 1.64. The van der Waals surface area contributed by atoms with E-state index in [-0.39, 0.29) is 10.0 Å². The molecule has 0 aromatic heterocycles. The van der Waals surface area contributed by atoms with Crippen LogP contribution in [-0.2, 0) is 4.79 Å². The topological polar surface area (TPSA) is 63.3 Å². The maximum Gasteiger partial charge on any atom is 0.325 e. The summed E-state index contributed by atoms with van der Waals surface area (Å²) in [6.07, 6.45) is 0. The van der Waals surface area contributed by atoms with Crippen LogP contribution >= 0.6 is 15.9 Å². The van der Waals surface area contributed by atoms with Crippen LogP contribution in [0.5, 0.6) is 0 Å². The molecular formula is C8H6BrF2NO2. The average molecular weight is 266 g/mol. The molecule has 0 heterocycles. The van der Waals surface area contributed by atoms with Crippen molar-refractivity contribution in [3.8, 4) is 0 Å². The molecule has 0 saturated heterocycles. The van der Waals surface area contributed by atoms with Gasteiger partial charge in [0, 0.05) is 11.6 Å². The number of halogens is 3. The van der Waals surface area contributed by atoms with Crippen LogP contribution < -0.4 is 5.73 Å². The normalized spacial score (nSPS) is 12.6. The van der Waals surface area contributed by atoms with Gasteiger partial charge >= 0.3 is 5.97 Å². The van der Waals surface area contributed by atoms with Crippen molar-refractivity contribution in [1.82, 2.24) is 0 Å². The molecule has 3 N–H and O–H groups in total. The van der Waals surface area contributed by atoms with Crippen LogP contribution in [0.3, 0.4) is 0 Å². The lowest BCUT2D eigenvalue weighted by Gasteiger charge is -2.08. The van der Waals surface area contributed by atoms with E-state index in [2.05, 4.69) is 15.9 Å². The predicted octanol–water partition coefficient (Wildman–Crippen LogP) is 1.81. The molecule has 0 amide bonds. The highest BCUT2D eigenvalue weighted by Crippen LogP contribution is 2.23. The maximum absolute atomic E-state index is 13.0. The van der Waals surface area contributed by atoms with E-state index in [4.69, 9.17) is 10.8 Å². The molecule has 0 radical (unpaired) electrons. The highest BCUT2D eigenvalue weighted by atomic mass is 79.9. The molecule has 0 fully saturated rings. The van der Waals surface area contributed by atoms with Crippen molar-refractivity contribution >= 4 is 21.9 Å². The zero-order valence-corrected chi connectivity index (χ0v) is 8.38. The number of rotatable bonds is 2. The second-order valence-corrected chi connectivity index (χ2v) is 3.46. The second-order valence-electron chi connectivity index (χ2n) is 2.60. The molecular weight excluding hydrogens is 260 g/mol. The van der Waals surface area contributed by atoms with Crippen molar-refractivity contribution in [2.24, 2.45) is 5.73 Å². The Morgan fingerprint density at radius 3 is 2.50 bits per heavy atom. The van der Waals surface area contributed by atoms with E-state index in [1.165, 1.54) is 0 Å². The van der Waals surface area contributed by atoms with Crippen LogP contribution in [0.1, 0.15) is 11.6 Å². The minimum absolute atomic E-state index is 0.0226. The molecule has 76 valence electrons. The molecule has 1 atom stereocenters. The Morgan fingerprint density at radius 1 is 1.43 bits per heavy atom. The van der Waals surface area contributed by atoms with Crippen LogP contribution in [0, 0.1) is 11.6 Å². The van der Waals surface area contributed by atoms with E-state index >= 15 is 0 Å². The first-order chi connectivity index (χ1) is 6.43. The monoisotopic (exact) mass is 265 g/mol. The lowest BCUT2D eigenvalue weighted by molar-refractivity contribution is -0.138. The Labute approximate surface area is 86.7 Å². The summed E-state index contributed by atoms with van der Waals surface area (Å²) < 4.78 is 25.8. The molecule has 0 spiro atoms. The van der Waals surface area contributed by atoms with Gasteiger partial charge in [-0.05, 0) is 22.0 Å². The van der Waals surface area contributed by atoms with Crippen LogP contribution in [-0.4, -0.2) is 11.1 Å². The number of benzene rings is 1. The van der Waals surface area contributed by atoms with Crippen LogP contribution in [0.15, 0.2) is 16.6 Å². The highest BCUT2D eigenvalue weighted by molar-refractivity contribution is 9.10. The molecule has 0 bridgehead atoms. The van der Waals surface area contributed by atoms with Gasteiger partial charge in [-0.2, -0.15) is 0 Å². The van der Waals surface area contributed by atoms with E-state index in [1.807, 2.05) is 0 Å². The van der Waals surface area contributed by atoms with Crippen LogP contribution in [0.4, 0.5) is 8.78 Å². The molecule has 0 saturated carbocycles. The standard InChI is InChI=1S/C8H6BrF2NO2/c9-4-1-3(7(12)8(13)14)5(10)2-6(4)11/h1-2,7H,12H2,(H,13,14). The van der Waals surface area contributed by atoms with E-state index < -0.39 is 23.6 Å². The first-order valence-electron chi connectivity index (χ1n) is 3.56. The molecule has 1 rings (SSSR count). The molecule has 14 heavy (non-hydrogen) atoms. The van der Waals surface area contributed by atoms with Gasteiger partial charge in [-0.3, -0.25) is 4.79 Å². The summed E-state index contributed by atoms with van der Waals surface area (Å²) in [4.78, 5) is 10.4. The van der Waals surface area contributed by atoms with Gasteiger partial charge in [0.25, 0.3) is 0 Å². The number of hydrogen-bond acceptors (Lipinski definition) is 2. The Balaban J connectivity index is 3.22. The van der Waals surface area contributed by atoms with Gasteiger partial charge in [-0.15, -0.1) is 0 Å². The fraction of sp³-hybridized carbons (Fsp3) is 0.125. The van der Waals surface area contributed by atoms with Gasteiger partial charge in [0.1, 0.15) is 17.7 Å². The molecule has 3 nitrogen and oxygen atoms in total. The quantitative estimate of drug-likeness (QED) is 0.802. The van der Waals surface area contributed by atoms with Crippen molar-refractivity contribution < 1.29 is 18.7 Å². The third kappa shape index (κ3) is 2.08. The minimum atomic E-state index is -1.49. The lowest BCUT2D eigenvalue weighted by atomic mass is 10.1. The molecule has 1 unspecified atom stereocenters. The van der Waals surface area contributed by atoms with Gasteiger partial charge in [0.2, 0.25) is 0 Å². The molecule has 1 aromatic rings. The smallest absolute Gasteiger partial charge is 0.325 e. The Morgan fingerprint density at radius 2 is 2.00 bits per heavy atom. The SMILES string of the molecule is NC(C(=O)O)c1cc(Br)c(F)cc1F. The van der Waals surface area contributed by atoms with Crippen molar-refractivity contribution in [2.45, 2.75) is 6.04 Å². The van der Waals surface area contributed by atoms with Gasteiger partial charge in [-0.1, -0.05) is 0 Å². The molecule has 0 aliphatic heterocycles. The van der Waals surface area contributed by atoms with Gasteiger partial charge in [0.05, 0.1) is 4.47 Å². The molecule has 0 aliphatic rings. The molecule has 0 aliphatic carbocycles. The summed E-state index contributed by atoms with van der Waals surface area (Å²) in [5.74, 6) is -3.15. The van der Waals surface area contributed by atoms with Crippen molar-refractivity contribution in [2.75, 3.05) is 0 Å². The fourth-order valence-electron chi connectivity index (χ4n) is 0.909.